The zero-order chi connectivity index (χ0) is 12.5. The van der Waals surface area contributed by atoms with E-state index in [1.54, 1.807) is 18.7 Å². The van der Waals surface area contributed by atoms with Crippen molar-refractivity contribution in [2.45, 2.75) is 39.5 Å². The molecule has 2 N–H and O–H groups in total. The van der Waals surface area contributed by atoms with Crippen LogP contribution in [0.4, 0.5) is 0 Å². The highest BCUT2D eigenvalue weighted by Gasteiger charge is 2.51. The molecule has 92 valence electrons. The summed E-state index contributed by atoms with van der Waals surface area (Å²) in [5, 5.41) is 24.6. The molecule has 0 aromatic heterocycles. The smallest absolute Gasteiger partial charge is 0.311 e. The van der Waals surface area contributed by atoms with Crippen molar-refractivity contribution in [1.29, 1.82) is 0 Å². The Balaban J connectivity index is 3.07. The summed E-state index contributed by atoms with van der Waals surface area (Å²) >= 11 is 0. The van der Waals surface area contributed by atoms with Gasteiger partial charge in [0.15, 0.2) is 5.84 Å². The quantitative estimate of drug-likeness (QED) is 0.644. The van der Waals surface area contributed by atoms with E-state index in [0.717, 1.165) is 5.01 Å². The number of amides is 1. The average molecular weight is 229 g/mol. The number of aliphatic hydroxyl groups is 2. The van der Waals surface area contributed by atoms with E-state index in [-0.39, 0.29) is 11.9 Å². The van der Waals surface area contributed by atoms with Gasteiger partial charge in [-0.2, -0.15) is 0 Å². The minimum Gasteiger partial charge on any atom is -0.354 e. The standard InChI is InChI=1S/C10H19N3O3/c1-5-12(6-2)8-10(15,16)9(14)13(11-8)7(3)4/h7,15-16H,5-6H2,1-4H3. The lowest BCUT2D eigenvalue weighted by Crippen LogP contribution is -2.53. The fraction of sp³-hybridized carbons (Fsp3) is 0.800. The van der Waals surface area contributed by atoms with E-state index in [1.165, 1.54) is 0 Å². The van der Waals surface area contributed by atoms with Gasteiger partial charge in [-0.1, -0.05) is 0 Å². The molecule has 0 radical (unpaired) electrons. The second kappa shape index (κ2) is 4.39. The monoisotopic (exact) mass is 229 g/mol. The van der Waals surface area contributed by atoms with Crippen LogP contribution in [0.2, 0.25) is 0 Å². The first-order valence-electron chi connectivity index (χ1n) is 5.48. The zero-order valence-corrected chi connectivity index (χ0v) is 10.1. The van der Waals surface area contributed by atoms with Crippen molar-refractivity contribution in [3.8, 4) is 0 Å². The maximum absolute atomic E-state index is 11.7. The zero-order valence-electron chi connectivity index (χ0n) is 10.1. The minimum atomic E-state index is -2.49. The highest BCUT2D eigenvalue weighted by Crippen LogP contribution is 2.22. The van der Waals surface area contributed by atoms with E-state index >= 15 is 0 Å². The molecule has 6 heteroatoms. The van der Waals surface area contributed by atoms with Gasteiger partial charge in [0, 0.05) is 13.1 Å². The normalized spacial score (nSPS) is 19.3. The summed E-state index contributed by atoms with van der Waals surface area (Å²) in [7, 11) is 0. The first-order valence-corrected chi connectivity index (χ1v) is 5.48. The van der Waals surface area contributed by atoms with Gasteiger partial charge in [-0.25, -0.2) is 5.01 Å². The van der Waals surface area contributed by atoms with Gasteiger partial charge in [0.2, 0.25) is 0 Å². The largest absolute Gasteiger partial charge is 0.354 e. The Bertz CT molecular complexity index is 308. The number of carbonyl (C=O) groups excluding carboxylic acids is 1. The van der Waals surface area contributed by atoms with E-state index in [1.807, 2.05) is 13.8 Å². The van der Waals surface area contributed by atoms with E-state index < -0.39 is 11.7 Å². The predicted octanol–water partition coefficient (Wildman–Crippen LogP) is -0.427. The van der Waals surface area contributed by atoms with Crippen LogP contribution in [0.15, 0.2) is 5.10 Å². The molecule has 0 aromatic carbocycles. The van der Waals surface area contributed by atoms with Crippen LogP contribution in [0.25, 0.3) is 0 Å². The fourth-order valence-corrected chi connectivity index (χ4v) is 1.63. The van der Waals surface area contributed by atoms with Gasteiger partial charge >= 0.3 is 11.7 Å². The van der Waals surface area contributed by atoms with Gasteiger partial charge in [0.05, 0.1) is 6.04 Å². The molecule has 0 saturated carbocycles. The molecule has 1 heterocycles. The molecule has 0 saturated heterocycles. The number of amidine groups is 1. The van der Waals surface area contributed by atoms with Crippen LogP contribution in [-0.2, 0) is 4.79 Å². The summed E-state index contributed by atoms with van der Waals surface area (Å²) in [6, 6.07) is -0.195. The minimum absolute atomic E-state index is 0.0104. The first kappa shape index (κ1) is 12.9. The fourth-order valence-electron chi connectivity index (χ4n) is 1.63. The third-order valence-electron chi connectivity index (χ3n) is 2.57. The lowest BCUT2D eigenvalue weighted by Gasteiger charge is -2.25. The van der Waals surface area contributed by atoms with Gasteiger partial charge < -0.3 is 15.1 Å². The lowest BCUT2D eigenvalue weighted by molar-refractivity contribution is -0.171. The highest BCUT2D eigenvalue weighted by molar-refractivity contribution is 6.12. The summed E-state index contributed by atoms with van der Waals surface area (Å²) in [6.07, 6.45) is 0. The van der Waals surface area contributed by atoms with Crippen LogP contribution in [0, 0.1) is 0 Å². The van der Waals surface area contributed by atoms with Crippen LogP contribution in [0.1, 0.15) is 27.7 Å². The molecule has 0 bridgehead atoms. The average Bonchev–Trinajstić information content (AvgIpc) is 2.43. The molecular weight excluding hydrogens is 210 g/mol. The van der Waals surface area contributed by atoms with Gasteiger partial charge in [0.25, 0.3) is 0 Å². The molecule has 0 aliphatic carbocycles. The van der Waals surface area contributed by atoms with E-state index in [9.17, 15) is 15.0 Å². The van der Waals surface area contributed by atoms with Crippen LogP contribution >= 0.6 is 0 Å². The topological polar surface area (TPSA) is 76.4 Å². The summed E-state index contributed by atoms with van der Waals surface area (Å²) < 4.78 is 0. The SMILES string of the molecule is CCN(CC)C1=NN(C(C)C)C(=O)C1(O)O. The summed E-state index contributed by atoms with van der Waals surface area (Å²) in [5.41, 5.74) is 0. The number of likely N-dealkylation sites (N-methyl/N-ethyl adjacent to an activating group) is 1. The highest BCUT2D eigenvalue weighted by atomic mass is 16.5. The summed E-state index contributed by atoms with van der Waals surface area (Å²) in [5.74, 6) is -3.27. The summed E-state index contributed by atoms with van der Waals surface area (Å²) in [6.45, 7) is 8.40. The van der Waals surface area contributed by atoms with Crippen molar-refractivity contribution in [2.24, 2.45) is 5.10 Å². The second-order valence-electron chi connectivity index (χ2n) is 4.01. The third-order valence-corrected chi connectivity index (χ3v) is 2.57. The van der Waals surface area contributed by atoms with Crippen LogP contribution in [0.5, 0.6) is 0 Å². The van der Waals surface area contributed by atoms with Crippen molar-refractivity contribution >= 4 is 11.7 Å². The third kappa shape index (κ3) is 1.90. The molecule has 0 fully saturated rings. The molecule has 0 unspecified atom stereocenters. The number of carbonyl (C=O) groups is 1. The number of nitrogens with zero attached hydrogens (tertiary/aromatic N) is 3. The maximum atomic E-state index is 11.7. The molecule has 0 aromatic rings. The van der Waals surface area contributed by atoms with Crippen molar-refractivity contribution in [1.82, 2.24) is 9.91 Å². The van der Waals surface area contributed by atoms with Crippen molar-refractivity contribution < 1.29 is 15.0 Å². The van der Waals surface area contributed by atoms with Crippen LogP contribution in [-0.4, -0.2) is 56.8 Å². The predicted molar refractivity (Wildman–Crippen MR) is 59.5 cm³/mol. The molecule has 0 atom stereocenters. The molecule has 1 aliphatic rings. The van der Waals surface area contributed by atoms with E-state index in [4.69, 9.17) is 0 Å². The van der Waals surface area contributed by atoms with Gasteiger partial charge in [0.1, 0.15) is 0 Å². The number of hydrazone groups is 1. The Morgan fingerprint density at radius 1 is 1.38 bits per heavy atom. The molecule has 1 amide bonds. The van der Waals surface area contributed by atoms with Crippen molar-refractivity contribution in [3.05, 3.63) is 0 Å². The van der Waals surface area contributed by atoms with Crippen LogP contribution < -0.4 is 0 Å². The Morgan fingerprint density at radius 3 is 2.19 bits per heavy atom. The second-order valence-corrected chi connectivity index (χ2v) is 4.01. The Morgan fingerprint density at radius 2 is 1.88 bits per heavy atom. The Kier molecular flexibility index (Phi) is 3.54. The molecule has 0 spiro atoms. The first-order chi connectivity index (χ1) is 7.36. The molecule has 1 aliphatic heterocycles. The molecule has 6 nitrogen and oxygen atoms in total. The number of hydrogen-bond donors (Lipinski definition) is 2. The number of rotatable bonds is 3. The Labute approximate surface area is 95.2 Å². The van der Waals surface area contributed by atoms with E-state index in [0.29, 0.717) is 13.1 Å². The Hall–Kier alpha value is -1.14. The van der Waals surface area contributed by atoms with Gasteiger partial charge in [-0.05, 0) is 27.7 Å². The van der Waals surface area contributed by atoms with Crippen molar-refractivity contribution in [3.63, 3.8) is 0 Å². The van der Waals surface area contributed by atoms with Crippen LogP contribution in [0.3, 0.4) is 0 Å². The molecule has 1 rings (SSSR count). The van der Waals surface area contributed by atoms with Crippen molar-refractivity contribution in [2.75, 3.05) is 13.1 Å². The molecule has 16 heavy (non-hydrogen) atoms. The lowest BCUT2D eigenvalue weighted by atomic mass is 10.2. The molecular formula is C10H19N3O3. The van der Waals surface area contributed by atoms with Gasteiger partial charge in [-0.3, -0.25) is 4.79 Å². The van der Waals surface area contributed by atoms with E-state index in [2.05, 4.69) is 5.10 Å². The maximum Gasteiger partial charge on any atom is 0.311 e. The summed E-state index contributed by atoms with van der Waals surface area (Å²) in [4.78, 5) is 13.4. The number of hydrogen-bond acceptors (Lipinski definition) is 5. The van der Waals surface area contributed by atoms with Gasteiger partial charge in [-0.15, -0.1) is 5.10 Å².